The largest absolute Gasteiger partial charge is 0.487 e. The summed E-state index contributed by atoms with van der Waals surface area (Å²) in [6.45, 7) is 2.57. The van der Waals surface area contributed by atoms with Gasteiger partial charge in [-0.15, -0.1) is 0 Å². The molecule has 0 N–H and O–H groups in total. The maximum Gasteiger partial charge on any atom is 0.246 e. The minimum Gasteiger partial charge on any atom is -0.487 e. The molecule has 2 aromatic rings. The predicted molar refractivity (Wildman–Crippen MR) is 120 cm³/mol. The van der Waals surface area contributed by atoms with Crippen LogP contribution in [0.5, 0.6) is 5.75 Å². The first-order valence-electron chi connectivity index (χ1n) is 10.5. The van der Waals surface area contributed by atoms with Crippen LogP contribution in [-0.2, 0) is 10.0 Å². The van der Waals surface area contributed by atoms with Crippen molar-refractivity contribution >= 4 is 33.2 Å². The molecule has 4 rings (SSSR count). The number of benzene rings is 2. The lowest BCUT2D eigenvalue weighted by Gasteiger charge is -2.41. The Morgan fingerprint density at radius 2 is 1.48 bits per heavy atom. The van der Waals surface area contributed by atoms with E-state index in [1.807, 2.05) is 0 Å². The Bertz CT molecular complexity index is 1000. The van der Waals surface area contributed by atoms with Gasteiger partial charge in [0.15, 0.2) is 11.6 Å². The quantitative estimate of drug-likeness (QED) is 0.607. The van der Waals surface area contributed by atoms with Crippen LogP contribution >= 0.6 is 23.2 Å². The molecule has 2 aliphatic rings. The van der Waals surface area contributed by atoms with Crippen LogP contribution in [0.1, 0.15) is 25.7 Å². The fourth-order valence-corrected chi connectivity index (χ4v) is 6.95. The van der Waals surface area contributed by atoms with E-state index in [1.54, 1.807) is 36.4 Å². The lowest BCUT2D eigenvalue weighted by molar-refractivity contribution is 0.0568. The highest BCUT2D eigenvalue weighted by Gasteiger charge is 2.35. The maximum atomic E-state index is 13.8. The molecule has 31 heavy (non-hydrogen) atoms. The van der Waals surface area contributed by atoms with Crippen molar-refractivity contribution in [1.82, 2.24) is 9.21 Å². The molecule has 0 radical (unpaired) electrons. The maximum absolute atomic E-state index is 13.8. The first-order chi connectivity index (χ1) is 14.9. The first-order valence-corrected chi connectivity index (χ1v) is 12.7. The third kappa shape index (κ3) is 5.01. The van der Waals surface area contributed by atoms with E-state index in [0.717, 1.165) is 38.8 Å². The molecule has 168 valence electrons. The lowest BCUT2D eigenvalue weighted by atomic mass is 10.00. The second-order valence-electron chi connectivity index (χ2n) is 7.97. The fourth-order valence-electron chi connectivity index (χ4n) is 4.38. The van der Waals surface area contributed by atoms with Crippen molar-refractivity contribution in [3.05, 3.63) is 58.3 Å². The molecule has 2 aliphatic heterocycles. The van der Waals surface area contributed by atoms with Crippen LogP contribution in [0.4, 0.5) is 4.39 Å². The molecule has 5 nitrogen and oxygen atoms in total. The van der Waals surface area contributed by atoms with E-state index in [9.17, 15) is 12.8 Å². The summed E-state index contributed by atoms with van der Waals surface area (Å²) >= 11 is 12.3. The third-order valence-corrected chi connectivity index (χ3v) is 8.92. The highest BCUT2D eigenvalue weighted by molar-refractivity contribution is 7.89. The molecule has 0 aromatic heterocycles. The molecule has 0 aliphatic carbocycles. The summed E-state index contributed by atoms with van der Waals surface area (Å²) in [6, 6.07) is 11.5. The number of piperidine rings is 2. The molecule has 9 heteroatoms. The summed E-state index contributed by atoms with van der Waals surface area (Å²) < 4.78 is 47.2. The second-order valence-corrected chi connectivity index (χ2v) is 10.7. The van der Waals surface area contributed by atoms with Crippen LogP contribution < -0.4 is 4.74 Å². The Kier molecular flexibility index (Phi) is 7.08. The summed E-state index contributed by atoms with van der Waals surface area (Å²) in [7, 11) is -3.73. The minimum atomic E-state index is -3.73. The molecule has 0 unspecified atom stereocenters. The van der Waals surface area contributed by atoms with Gasteiger partial charge in [0.25, 0.3) is 0 Å². The van der Waals surface area contributed by atoms with Crippen LogP contribution in [0.2, 0.25) is 10.0 Å². The van der Waals surface area contributed by atoms with Crippen LogP contribution in [0.25, 0.3) is 0 Å². The topological polar surface area (TPSA) is 49.9 Å². The molecular weight excluding hydrogens is 462 g/mol. The molecule has 2 aromatic carbocycles. The van der Waals surface area contributed by atoms with Crippen LogP contribution in [0.15, 0.2) is 47.4 Å². The van der Waals surface area contributed by atoms with Crippen molar-refractivity contribution < 1.29 is 17.5 Å². The smallest absolute Gasteiger partial charge is 0.246 e. The van der Waals surface area contributed by atoms with E-state index in [4.69, 9.17) is 27.9 Å². The molecule has 0 saturated carbocycles. The van der Waals surface area contributed by atoms with Gasteiger partial charge < -0.3 is 9.64 Å². The number of para-hydroxylation sites is 1. The van der Waals surface area contributed by atoms with Gasteiger partial charge in [-0.2, -0.15) is 4.31 Å². The van der Waals surface area contributed by atoms with Gasteiger partial charge in [0.05, 0.1) is 10.0 Å². The molecule has 2 saturated heterocycles. The average Bonchev–Trinajstić information content (AvgIpc) is 2.76. The zero-order valence-corrected chi connectivity index (χ0v) is 19.3. The zero-order valence-electron chi connectivity index (χ0n) is 17.0. The number of hydrogen-bond acceptors (Lipinski definition) is 4. The van der Waals surface area contributed by atoms with Gasteiger partial charge in [-0.3, -0.25) is 0 Å². The van der Waals surface area contributed by atoms with E-state index in [2.05, 4.69) is 4.90 Å². The Morgan fingerprint density at radius 1 is 0.871 bits per heavy atom. The molecule has 0 amide bonds. The van der Waals surface area contributed by atoms with Crippen LogP contribution in [-0.4, -0.2) is 55.9 Å². The Labute approximate surface area is 192 Å². The number of ether oxygens (including phenoxy) is 1. The van der Waals surface area contributed by atoms with Crippen LogP contribution in [0, 0.1) is 5.82 Å². The number of rotatable bonds is 5. The summed E-state index contributed by atoms with van der Waals surface area (Å²) in [4.78, 5) is 2.39. The minimum absolute atomic E-state index is 0.00372. The monoisotopic (exact) mass is 486 g/mol. The summed E-state index contributed by atoms with van der Waals surface area (Å²) in [5, 5.41) is 0.290. The number of halogens is 3. The van der Waals surface area contributed by atoms with Gasteiger partial charge in [0.2, 0.25) is 10.0 Å². The zero-order chi connectivity index (χ0) is 22.0. The van der Waals surface area contributed by atoms with Crippen molar-refractivity contribution in [2.75, 3.05) is 26.2 Å². The Morgan fingerprint density at radius 3 is 2.10 bits per heavy atom. The molecule has 2 heterocycles. The fraction of sp³-hybridized carbons (Fsp3) is 0.455. The Balaban J connectivity index is 1.31. The van der Waals surface area contributed by atoms with Crippen LogP contribution in [0.3, 0.4) is 0 Å². The van der Waals surface area contributed by atoms with E-state index in [-0.39, 0.29) is 26.9 Å². The molecular formula is C22H25Cl2FN2O3S. The number of hydrogen-bond donors (Lipinski definition) is 0. The van der Waals surface area contributed by atoms with Gasteiger partial charge in [-0.05, 0) is 49.9 Å². The highest BCUT2D eigenvalue weighted by atomic mass is 35.5. The average molecular weight is 487 g/mol. The SMILES string of the molecule is O=S(=O)(c1c(Cl)cccc1Cl)N1CCC(N2CCC(Oc3ccccc3F)CC2)CC1. The molecule has 2 fully saturated rings. The highest BCUT2D eigenvalue weighted by Crippen LogP contribution is 2.33. The van der Waals surface area contributed by atoms with Gasteiger partial charge in [-0.1, -0.05) is 41.4 Å². The predicted octanol–water partition coefficient (Wildman–Crippen LogP) is 4.83. The van der Waals surface area contributed by atoms with E-state index in [1.165, 1.54) is 10.4 Å². The summed E-state index contributed by atoms with van der Waals surface area (Å²) in [5.74, 6) is -0.0326. The summed E-state index contributed by atoms with van der Waals surface area (Å²) in [5.41, 5.74) is 0. The standard InChI is InChI=1S/C22H25Cl2FN2O3S/c23-18-4-3-5-19(24)22(18)31(28,29)27-14-8-16(9-15-27)26-12-10-17(11-13-26)30-21-7-2-1-6-20(21)25/h1-7,16-17H,8-15H2. The van der Waals surface area contributed by atoms with Gasteiger partial charge in [0.1, 0.15) is 11.0 Å². The van der Waals surface area contributed by atoms with E-state index in [0.29, 0.717) is 24.9 Å². The second kappa shape index (κ2) is 9.63. The third-order valence-electron chi connectivity index (χ3n) is 6.06. The number of nitrogens with zero attached hydrogens (tertiary/aromatic N) is 2. The van der Waals surface area contributed by atoms with Gasteiger partial charge >= 0.3 is 0 Å². The van der Waals surface area contributed by atoms with Crippen molar-refractivity contribution in [3.63, 3.8) is 0 Å². The van der Waals surface area contributed by atoms with Gasteiger partial charge in [0, 0.05) is 32.2 Å². The van der Waals surface area contributed by atoms with Crippen molar-refractivity contribution in [2.24, 2.45) is 0 Å². The lowest BCUT2D eigenvalue weighted by Crippen LogP contribution is -2.50. The first kappa shape index (κ1) is 22.8. The summed E-state index contributed by atoms with van der Waals surface area (Å²) in [6.07, 6.45) is 3.14. The molecule has 0 spiro atoms. The van der Waals surface area contributed by atoms with Crippen molar-refractivity contribution in [1.29, 1.82) is 0 Å². The van der Waals surface area contributed by atoms with Crippen molar-refractivity contribution in [3.8, 4) is 5.75 Å². The Hall–Kier alpha value is -1.38. The van der Waals surface area contributed by atoms with E-state index >= 15 is 0 Å². The van der Waals surface area contributed by atoms with Gasteiger partial charge in [-0.25, -0.2) is 12.8 Å². The normalized spacial score (nSPS) is 20.1. The van der Waals surface area contributed by atoms with Crippen molar-refractivity contribution in [2.45, 2.75) is 42.7 Å². The number of likely N-dealkylation sites (tertiary alicyclic amines) is 1. The molecule has 0 atom stereocenters. The van der Waals surface area contributed by atoms with E-state index < -0.39 is 10.0 Å². The number of sulfonamides is 1. The molecule has 0 bridgehead atoms.